The van der Waals surface area contributed by atoms with Crippen LogP contribution >= 0.6 is 0 Å². The molecule has 1 aliphatic heterocycles. The number of carbonyl (C=O) groups excluding carboxylic acids is 3. The molecule has 0 unspecified atom stereocenters. The van der Waals surface area contributed by atoms with Crippen molar-refractivity contribution in [3.8, 4) is 22.6 Å². The Morgan fingerprint density at radius 2 is 1.67 bits per heavy atom. The minimum Gasteiger partial charge on any atom is -0.506 e. The van der Waals surface area contributed by atoms with Gasteiger partial charge in [0.15, 0.2) is 0 Å². The maximum absolute atomic E-state index is 12.9. The van der Waals surface area contributed by atoms with Gasteiger partial charge < -0.3 is 45.1 Å². The van der Waals surface area contributed by atoms with Crippen LogP contribution in [0.2, 0.25) is 0 Å². The minimum atomic E-state index is -0.907. The number of aromatic nitrogens is 1. The van der Waals surface area contributed by atoms with E-state index in [0.29, 0.717) is 86.2 Å². The number of likely N-dealkylation sites (tertiary alicyclic amines) is 1. The third kappa shape index (κ3) is 12.9. The number of anilines is 2. The first-order chi connectivity index (χ1) is 29.1. The number of pyridine rings is 1. The number of rotatable bonds is 18. The molecule has 1 atom stereocenters. The molecule has 1 aliphatic rings. The maximum Gasteiger partial charge on any atom is 0.411 e. The zero-order valence-electron chi connectivity index (χ0n) is 34.1. The van der Waals surface area contributed by atoms with Crippen LogP contribution in [0.15, 0.2) is 102 Å². The Labute approximate surface area is 356 Å². The molecule has 1 saturated heterocycles. The molecule has 1 fully saturated rings. The molecule has 6 N–H and O–H groups in total. The second kappa shape index (κ2) is 22.4. The Balaban J connectivity index is 0.00000704. The van der Waals surface area contributed by atoms with Crippen molar-refractivity contribution < 1.29 is 34.1 Å². The van der Waals surface area contributed by atoms with Crippen molar-refractivity contribution in [2.75, 3.05) is 57.5 Å². The molecule has 14 heteroatoms. The minimum absolute atomic E-state index is 0. The molecule has 324 valence electrons. The number of benzene rings is 4. The number of aromatic hydroxyl groups is 1. The Kier molecular flexibility index (Phi) is 16.8. The van der Waals surface area contributed by atoms with Gasteiger partial charge in [0.2, 0.25) is 17.4 Å². The summed E-state index contributed by atoms with van der Waals surface area (Å²) in [6, 6.07) is 28.9. The molecule has 0 saturated carbocycles. The molecule has 0 spiro atoms. The molecule has 2 heterocycles. The first-order valence-electron chi connectivity index (χ1n) is 20.4. The normalized spacial score (nSPS) is 13.5. The van der Waals surface area contributed by atoms with Crippen molar-refractivity contribution in [1.82, 2.24) is 20.1 Å². The van der Waals surface area contributed by atoms with Gasteiger partial charge in [0.25, 0.3) is 0 Å². The van der Waals surface area contributed by atoms with Crippen LogP contribution in [0.5, 0.6) is 11.5 Å². The highest BCUT2D eigenvalue weighted by Crippen LogP contribution is 2.30. The number of phenolic OH excluding ortho intramolecular Hbond substituents is 1. The van der Waals surface area contributed by atoms with Crippen molar-refractivity contribution >= 4 is 40.2 Å². The van der Waals surface area contributed by atoms with Crippen molar-refractivity contribution in [3.05, 3.63) is 119 Å². The number of para-hydroxylation sites is 1. The Hall–Kier alpha value is -6.22. The number of aliphatic hydroxyl groups excluding tert-OH is 1. The number of hydrogen-bond acceptors (Lipinski definition) is 10. The molecule has 14 nitrogen and oxygen atoms in total. The van der Waals surface area contributed by atoms with Gasteiger partial charge in [0.1, 0.15) is 17.6 Å². The highest BCUT2D eigenvalue weighted by molar-refractivity contribution is 5.92. The number of piperidine rings is 1. The summed E-state index contributed by atoms with van der Waals surface area (Å²) >= 11 is 0. The summed E-state index contributed by atoms with van der Waals surface area (Å²) in [6.07, 6.45) is 1.85. The van der Waals surface area contributed by atoms with Crippen LogP contribution < -0.4 is 26.2 Å². The van der Waals surface area contributed by atoms with Gasteiger partial charge in [-0.1, -0.05) is 68.1 Å². The van der Waals surface area contributed by atoms with Gasteiger partial charge in [-0.05, 0) is 61.1 Å². The molecule has 4 aromatic carbocycles. The molecule has 3 amide bonds. The van der Waals surface area contributed by atoms with E-state index in [2.05, 4.69) is 25.8 Å². The Bertz CT molecular complexity index is 2290. The highest BCUT2D eigenvalue weighted by atomic mass is 16.6. The van der Waals surface area contributed by atoms with E-state index in [4.69, 9.17) is 9.47 Å². The number of H-pyrrole nitrogens is 1. The van der Waals surface area contributed by atoms with E-state index in [0.717, 1.165) is 29.8 Å². The second-order valence-corrected chi connectivity index (χ2v) is 15.0. The summed E-state index contributed by atoms with van der Waals surface area (Å²) in [5, 5.41) is 30.6. The number of methoxy groups -OCH3 is 1. The molecule has 5 aromatic rings. The van der Waals surface area contributed by atoms with Gasteiger partial charge in [-0.25, -0.2) is 4.79 Å². The zero-order chi connectivity index (χ0) is 42.4. The van der Waals surface area contributed by atoms with E-state index in [9.17, 15) is 29.4 Å². The smallest absolute Gasteiger partial charge is 0.411 e. The summed E-state index contributed by atoms with van der Waals surface area (Å²) in [5.74, 6) is 0.420. The van der Waals surface area contributed by atoms with Gasteiger partial charge in [0, 0.05) is 93.5 Å². The molecule has 0 aliphatic carbocycles. The molecule has 1 aromatic heterocycles. The quantitative estimate of drug-likeness (QED) is 0.0501. The molecule has 0 bridgehead atoms. The first-order valence-corrected chi connectivity index (χ1v) is 20.4. The van der Waals surface area contributed by atoms with Gasteiger partial charge in [-0.15, -0.1) is 0 Å². The topological polar surface area (TPSA) is 186 Å². The van der Waals surface area contributed by atoms with Crippen LogP contribution in [0.3, 0.4) is 0 Å². The zero-order valence-corrected chi connectivity index (χ0v) is 34.1. The van der Waals surface area contributed by atoms with Crippen molar-refractivity contribution in [2.24, 2.45) is 0 Å². The van der Waals surface area contributed by atoms with Crippen LogP contribution in [0.4, 0.5) is 16.2 Å². The van der Waals surface area contributed by atoms with Crippen LogP contribution in [-0.4, -0.2) is 95.9 Å². The van der Waals surface area contributed by atoms with E-state index in [-0.39, 0.29) is 48.7 Å². The molecule has 61 heavy (non-hydrogen) atoms. The predicted octanol–water partition coefficient (Wildman–Crippen LogP) is 7.04. The maximum atomic E-state index is 12.9. The van der Waals surface area contributed by atoms with E-state index in [1.165, 1.54) is 12.1 Å². The summed E-state index contributed by atoms with van der Waals surface area (Å²) in [7, 11) is 3.34. The Morgan fingerprint density at radius 3 is 2.44 bits per heavy atom. The summed E-state index contributed by atoms with van der Waals surface area (Å²) in [5.41, 5.74) is 4.56. The van der Waals surface area contributed by atoms with Gasteiger partial charge in [0.05, 0.1) is 24.4 Å². The van der Waals surface area contributed by atoms with Crippen molar-refractivity contribution in [3.63, 3.8) is 0 Å². The number of fused-ring (bicyclic) bond motifs is 1. The first kappa shape index (κ1) is 45.9. The van der Waals surface area contributed by atoms with Gasteiger partial charge in [-0.2, -0.15) is 0 Å². The lowest BCUT2D eigenvalue weighted by molar-refractivity contribution is -0.130. The lowest BCUT2D eigenvalue weighted by Gasteiger charge is -2.31. The van der Waals surface area contributed by atoms with Crippen LogP contribution in [0.1, 0.15) is 63.2 Å². The van der Waals surface area contributed by atoms with E-state index < -0.39 is 12.2 Å². The fourth-order valence-corrected chi connectivity index (χ4v) is 7.40. The summed E-state index contributed by atoms with van der Waals surface area (Å²) < 4.78 is 11.3. The third-order valence-corrected chi connectivity index (χ3v) is 10.8. The van der Waals surface area contributed by atoms with Crippen LogP contribution in [0.25, 0.3) is 22.0 Å². The molecule has 6 rings (SSSR count). The lowest BCUT2D eigenvalue weighted by Crippen LogP contribution is -2.40. The van der Waals surface area contributed by atoms with E-state index in [1.54, 1.807) is 43.3 Å². The standard InChI is InChI=1S/C46H54N6O8.CH4/c1-51(44(57)23-27-52-25-21-34(22-26-52)60-46(58)49-38-13-7-6-12-35(38)31-10-4-3-5-11-31)24-9-8-14-42(55)48-33-16-15-32(41(28-33)59-2)29-47-30-40(54)36-17-19-39(53)45-37(36)18-20-43(56)50-45;/h3-7,10-13,15-20,28,34,40,47,53-54H,8-9,14,21-27,29-30H2,1-2H3,(H,48,55)(H,49,58)(H,50,56);1H4/t40-;/m0./s1. The fraction of sp³-hybridized carbons (Fsp3) is 0.362. The second-order valence-electron chi connectivity index (χ2n) is 15.0. The number of aromatic amines is 1. The highest BCUT2D eigenvalue weighted by Gasteiger charge is 2.24. The number of phenols is 1. The number of ether oxygens (including phenoxy) is 2. The number of hydrogen-bond donors (Lipinski definition) is 6. The number of nitrogens with zero attached hydrogens (tertiary/aromatic N) is 2. The molecular formula is C47H58N6O8. The number of carbonyl (C=O) groups is 3. The van der Waals surface area contributed by atoms with E-state index in [1.807, 2.05) is 60.7 Å². The van der Waals surface area contributed by atoms with Gasteiger partial charge in [-0.3, -0.25) is 19.7 Å². The largest absolute Gasteiger partial charge is 0.506 e. The van der Waals surface area contributed by atoms with E-state index >= 15 is 0 Å². The van der Waals surface area contributed by atoms with Crippen molar-refractivity contribution in [1.29, 1.82) is 0 Å². The monoisotopic (exact) mass is 834 g/mol. The summed E-state index contributed by atoms with van der Waals surface area (Å²) in [6.45, 7) is 3.25. The van der Waals surface area contributed by atoms with Crippen molar-refractivity contribution in [2.45, 2.75) is 64.7 Å². The summed E-state index contributed by atoms with van der Waals surface area (Å²) in [4.78, 5) is 56.7. The number of nitrogens with one attached hydrogen (secondary N) is 4. The number of aliphatic hydroxyl groups is 1. The predicted molar refractivity (Wildman–Crippen MR) is 239 cm³/mol. The average molecular weight is 835 g/mol. The van der Waals surface area contributed by atoms with Crippen LogP contribution in [-0.2, 0) is 20.9 Å². The molecular weight excluding hydrogens is 777 g/mol. The molecule has 0 radical (unpaired) electrons. The average Bonchev–Trinajstić information content (AvgIpc) is 3.25. The van der Waals surface area contributed by atoms with Gasteiger partial charge >= 0.3 is 6.09 Å². The third-order valence-electron chi connectivity index (χ3n) is 10.8. The van der Waals surface area contributed by atoms with Crippen LogP contribution in [0, 0.1) is 0 Å². The SMILES string of the molecule is C.COc1cc(NC(=O)CCCCN(C)C(=O)CCN2CCC(OC(=O)Nc3ccccc3-c3ccccc3)CC2)ccc1CNC[C@H](O)c1ccc(O)c2[nH]c(=O)ccc12. The number of unbranched alkanes of at least 4 members (excludes halogenated alkanes) is 1. The Morgan fingerprint density at radius 1 is 0.918 bits per heavy atom. The number of amides is 3. The fourth-order valence-electron chi connectivity index (χ4n) is 7.40. The lowest BCUT2D eigenvalue weighted by atomic mass is 10.0.